The molecule has 0 aromatic heterocycles. The minimum atomic E-state index is 0. The Balaban J connectivity index is 0.00000169. The molecule has 0 radical (unpaired) electrons. The Morgan fingerprint density at radius 1 is 1.21 bits per heavy atom. The van der Waals surface area contributed by atoms with Crippen LogP contribution in [0.1, 0.15) is 5.56 Å². The first-order valence-electron chi connectivity index (χ1n) is 4.17. The van der Waals surface area contributed by atoms with E-state index in [2.05, 4.69) is 5.32 Å². The molecule has 0 aliphatic heterocycles. The number of nitrogens with one attached hydrogen (secondary N) is 1. The van der Waals surface area contributed by atoms with Crippen molar-refractivity contribution in [3.8, 4) is 11.5 Å². The summed E-state index contributed by atoms with van der Waals surface area (Å²) < 4.78 is 10.3. The Bertz CT molecular complexity index is 279. The summed E-state index contributed by atoms with van der Waals surface area (Å²) in [5.74, 6) is 1.74. The van der Waals surface area contributed by atoms with Gasteiger partial charge in [0.25, 0.3) is 0 Å². The maximum Gasteiger partial charge on any atom is 0.123 e. The molecule has 0 amide bonds. The first-order valence-corrected chi connectivity index (χ1v) is 4.17. The lowest BCUT2D eigenvalue weighted by atomic mass is 10.2. The van der Waals surface area contributed by atoms with Gasteiger partial charge >= 0.3 is 0 Å². The van der Waals surface area contributed by atoms with Gasteiger partial charge in [-0.2, -0.15) is 0 Å². The monoisotopic (exact) mass is 217 g/mol. The number of ether oxygens (including phenoxy) is 2. The summed E-state index contributed by atoms with van der Waals surface area (Å²) >= 11 is 0. The Hall–Kier alpha value is -0.930. The lowest BCUT2D eigenvalue weighted by molar-refractivity contribution is 0.398. The Morgan fingerprint density at radius 3 is 2.43 bits per heavy atom. The molecule has 0 saturated carbocycles. The summed E-state index contributed by atoms with van der Waals surface area (Å²) in [4.78, 5) is 0. The third kappa shape index (κ3) is 3.09. The van der Waals surface area contributed by atoms with Gasteiger partial charge in [-0.05, 0) is 25.2 Å². The van der Waals surface area contributed by atoms with Crippen molar-refractivity contribution in [1.29, 1.82) is 0 Å². The van der Waals surface area contributed by atoms with Gasteiger partial charge in [-0.3, -0.25) is 0 Å². The van der Waals surface area contributed by atoms with Crippen LogP contribution >= 0.6 is 12.4 Å². The molecule has 0 spiro atoms. The van der Waals surface area contributed by atoms with Crippen molar-refractivity contribution in [3.63, 3.8) is 0 Å². The molecule has 14 heavy (non-hydrogen) atoms. The number of rotatable bonds is 4. The van der Waals surface area contributed by atoms with E-state index in [-0.39, 0.29) is 12.4 Å². The second-order valence-electron chi connectivity index (χ2n) is 2.71. The van der Waals surface area contributed by atoms with Gasteiger partial charge in [0.05, 0.1) is 14.2 Å². The minimum absolute atomic E-state index is 0. The lowest BCUT2D eigenvalue weighted by Gasteiger charge is -2.09. The molecule has 0 heterocycles. The first-order chi connectivity index (χ1) is 6.31. The van der Waals surface area contributed by atoms with Crippen molar-refractivity contribution >= 4 is 12.4 Å². The average molecular weight is 218 g/mol. The maximum absolute atomic E-state index is 5.20. The lowest BCUT2D eigenvalue weighted by Crippen LogP contribution is -2.06. The fourth-order valence-electron chi connectivity index (χ4n) is 1.21. The molecule has 0 saturated heterocycles. The molecule has 1 aromatic carbocycles. The van der Waals surface area contributed by atoms with Crippen molar-refractivity contribution in [1.82, 2.24) is 5.32 Å². The van der Waals surface area contributed by atoms with E-state index >= 15 is 0 Å². The van der Waals surface area contributed by atoms with E-state index in [9.17, 15) is 0 Å². The van der Waals surface area contributed by atoms with Crippen molar-refractivity contribution in [2.24, 2.45) is 0 Å². The van der Waals surface area contributed by atoms with Crippen molar-refractivity contribution in [2.75, 3.05) is 21.3 Å². The van der Waals surface area contributed by atoms with Crippen molar-refractivity contribution in [2.45, 2.75) is 6.54 Å². The van der Waals surface area contributed by atoms with Crippen LogP contribution in [0.4, 0.5) is 0 Å². The van der Waals surface area contributed by atoms with Crippen LogP contribution in [0.2, 0.25) is 0 Å². The predicted octanol–water partition coefficient (Wildman–Crippen LogP) is 1.85. The molecule has 80 valence electrons. The van der Waals surface area contributed by atoms with Crippen LogP contribution in [0.5, 0.6) is 11.5 Å². The number of halogens is 1. The highest BCUT2D eigenvalue weighted by atomic mass is 35.5. The minimum Gasteiger partial charge on any atom is -0.497 e. The number of benzene rings is 1. The summed E-state index contributed by atoms with van der Waals surface area (Å²) in [6, 6.07) is 5.76. The van der Waals surface area contributed by atoms with Gasteiger partial charge in [-0.25, -0.2) is 0 Å². The van der Waals surface area contributed by atoms with E-state index in [4.69, 9.17) is 9.47 Å². The standard InChI is InChI=1S/C10H15NO2.ClH/c1-11-7-8-6-9(12-2)4-5-10(8)13-3;/h4-6,11H,7H2,1-3H3;1H. The normalized spacial score (nSPS) is 9.07. The largest absolute Gasteiger partial charge is 0.497 e. The van der Waals surface area contributed by atoms with Crippen LogP contribution in [0.15, 0.2) is 18.2 Å². The van der Waals surface area contributed by atoms with Gasteiger partial charge in [0, 0.05) is 12.1 Å². The van der Waals surface area contributed by atoms with Gasteiger partial charge in [-0.1, -0.05) is 0 Å². The van der Waals surface area contributed by atoms with Gasteiger partial charge in [-0.15, -0.1) is 12.4 Å². The van der Waals surface area contributed by atoms with E-state index in [0.717, 1.165) is 23.6 Å². The van der Waals surface area contributed by atoms with Gasteiger partial charge < -0.3 is 14.8 Å². The van der Waals surface area contributed by atoms with Crippen molar-refractivity contribution in [3.05, 3.63) is 23.8 Å². The van der Waals surface area contributed by atoms with E-state index in [1.807, 2.05) is 25.2 Å². The molecule has 1 rings (SSSR count). The highest BCUT2D eigenvalue weighted by Gasteiger charge is 2.02. The molecule has 0 aliphatic carbocycles. The van der Waals surface area contributed by atoms with Crippen LogP contribution in [0.25, 0.3) is 0 Å². The second-order valence-corrected chi connectivity index (χ2v) is 2.71. The van der Waals surface area contributed by atoms with E-state index < -0.39 is 0 Å². The smallest absolute Gasteiger partial charge is 0.123 e. The third-order valence-electron chi connectivity index (χ3n) is 1.85. The van der Waals surface area contributed by atoms with Crippen LogP contribution in [0.3, 0.4) is 0 Å². The van der Waals surface area contributed by atoms with E-state index in [0.29, 0.717) is 0 Å². The van der Waals surface area contributed by atoms with Gasteiger partial charge in [0.15, 0.2) is 0 Å². The van der Waals surface area contributed by atoms with Gasteiger partial charge in [0.1, 0.15) is 11.5 Å². The molecule has 4 heteroatoms. The molecular formula is C10H16ClNO2. The molecule has 0 unspecified atom stereocenters. The Labute approximate surface area is 90.8 Å². The number of methoxy groups -OCH3 is 2. The van der Waals surface area contributed by atoms with Crippen LogP contribution in [0, 0.1) is 0 Å². The SMILES string of the molecule is CNCc1cc(OC)ccc1OC.Cl. The molecule has 1 aromatic rings. The van der Waals surface area contributed by atoms with Crippen molar-refractivity contribution < 1.29 is 9.47 Å². The fraction of sp³-hybridized carbons (Fsp3) is 0.400. The van der Waals surface area contributed by atoms with Crippen LogP contribution in [-0.4, -0.2) is 21.3 Å². The fourth-order valence-corrected chi connectivity index (χ4v) is 1.21. The quantitative estimate of drug-likeness (QED) is 0.835. The molecule has 0 atom stereocenters. The summed E-state index contributed by atoms with van der Waals surface area (Å²) in [6.07, 6.45) is 0. The Morgan fingerprint density at radius 2 is 1.93 bits per heavy atom. The zero-order valence-corrected chi connectivity index (χ0v) is 9.48. The molecule has 3 nitrogen and oxygen atoms in total. The van der Waals surface area contributed by atoms with Gasteiger partial charge in [0.2, 0.25) is 0 Å². The van der Waals surface area contributed by atoms with E-state index in [1.54, 1.807) is 14.2 Å². The third-order valence-corrected chi connectivity index (χ3v) is 1.85. The maximum atomic E-state index is 5.20. The van der Waals surface area contributed by atoms with E-state index in [1.165, 1.54) is 0 Å². The molecule has 0 bridgehead atoms. The average Bonchev–Trinajstić information content (AvgIpc) is 2.18. The highest BCUT2D eigenvalue weighted by Crippen LogP contribution is 2.23. The second kappa shape index (κ2) is 6.51. The van der Waals surface area contributed by atoms with Crippen LogP contribution < -0.4 is 14.8 Å². The Kier molecular flexibility index (Phi) is 6.08. The van der Waals surface area contributed by atoms with Crippen LogP contribution in [-0.2, 0) is 6.54 Å². The zero-order chi connectivity index (χ0) is 9.68. The highest BCUT2D eigenvalue weighted by molar-refractivity contribution is 5.85. The molecular weight excluding hydrogens is 202 g/mol. The molecule has 0 aliphatic rings. The summed E-state index contributed by atoms with van der Waals surface area (Å²) in [5.41, 5.74) is 1.10. The summed E-state index contributed by atoms with van der Waals surface area (Å²) in [7, 11) is 5.23. The topological polar surface area (TPSA) is 30.5 Å². The number of hydrogen-bond acceptors (Lipinski definition) is 3. The summed E-state index contributed by atoms with van der Waals surface area (Å²) in [6.45, 7) is 0.778. The first kappa shape index (κ1) is 13.1. The zero-order valence-electron chi connectivity index (χ0n) is 8.66. The number of hydrogen-bond donors (Lipinski definition) is 1. The molecule has 0 fully saturated rings. The summed E-state index contributed by atoms with van der Waals surface area (Å²) in [5, 5.41) is 3.07. The predicted molar refractivity (Wildman–Crippen MR) is 59.6 cm³/mol. The molecule has 1 N–H and O–H groups in total.